The molecule has 0 aromatic carbocycles. The van der Waals surface area contributed by atoms with E-state index in [4.69, 9.17) is 5.73 Å². The van der Waals surface area contributed by atoms with Crippen molar-refractivity contribution in [3.05, 3.63) is 24.0 Å². The van der Waals surface area contributed by atoms with E-state index in [2.05, 4.69) is 24.9 Å². The molecular weight excluding hydrogens is 148 g/mol. The molecule has 0 saturated carbocycles. The van der Waals surface area contributed by atoms with Crippen LogP contribution in [0.2, 0.25) is 0 Å². The Morgan fingerprint density at radius 2 is 2.25 bits per heavy atom. The molecule has 1 atom stereocenters. The molecule has 0 bridgehead atoms. The molecule has 0 spiro atoms. The van der Waals surface area contributed by atoms with E-state index in [0.717, 1.165) is 6.42 Å². The van der Waals surface area contributed by atoms with Gasteiger partial charge in [0.15, 0.2) is 0 Å². The summed E-state index contributed by atoms with van der Waals surface area (Å²) >= 11 is 0. The van der Waals surface area contributed by atoms with Crippen LogP contribution in [0, 0.1) is 5.92 Å². The molecule has 12 heavy (non-hydrogen) atoms. The van der Waals surface area contributed by atoms with Gasteiger partial charge in [-0.05, 0) is 18.4 Å². The van der Waals surface area contributed by atoms with Gasteiger partial charge < -0.3 is 5.73 Å². The van der Waals surface area contributed by atoms with Gasteiger partial charge in [-0.3, -0.25) is 4.99 Å². The van der Waals surface area contributed by atoms with Gasteiger partial charge in [-0.15, -0.1) is 0 Å². The van der Waals surface area contributed by atoms with Crippen LogP contribution in [0.5, 0.6) is 0 Å². The average molecular weight is 166 g/mol. The molecule has 0 aliphatic carbocycles. The molecule has 0 aromatic rings. The van der Waals surface area contributed by atoms with Crippen molar-refractivity contribution in [2.45, 2.75) is 27.2 Å². The monoisotopic (exact) mass is 166 g/mol. The molecule has 0 aliphatic rings. The van der Waals surface area contributed by atoms with Gasteiger partial charge in [0.2, 0.25) is 0 Å². The Hall–Kier alpha value is -1.05. The number of nitrogens with two attached hydrogens (primary N) is 1. The minimum Gasteiger partial charge on any atom is -0.403 e. The SMILES string of the molecule is CCC(C)/C=C(C)/C=N/C=C\N. The first-order chi connectivity index (χ1) is 5.70. The fourth-order valence-electron chi connectivity index (χ4n) is 0.820. The van der Waals surface area contributed by atoms with E-state index in [1.54, 1.807) is 6.20 Å². The maximum atomic E-state index is 5.13. The van der Waals surface area contributed by atoms with Crippen LogP contribution in [0.15, 0.2) is 29.0 Å². The Labute approximate surface area is 74.9 Å². The number of aliphatic imine (C=N–C) groups is 1. The zero-order valence-corrected chi connectivity index (χ0v) is 8.12. The molecule has 0 aliphatic heterocycles. The summed E-state index contributed by atoms with van der Waals surface area (Å²) in [4.78, 5) is 3.98. The third-order valence-corrected chi connectivity index (χ3v) is 1.64. The summed E-state index contributed by atoms with van der Waals surface area (Å²) in [7, 11) is 0. The average Bonchev–Trinajstić information content (AvgIpc) is 2.05. The first-order valence-electron chi connectivity index (χ1n) is 4.29. The van der Waals surface area contributed by atoms with Crippen LogP contribution < -0.4 is 5.73 Å². The Kier molecular flexibility index (Phi) is 6.07. The van der Waals surface area contributed by atoms with Crippen molar-refractivity contribution in [1.82, 2.24) is 0 Å². The van der Waals surface area contributed by atoms with Gasteiger partial charge in [0.1, 0.15) is 0 Å². The minimum absolute atomic E-state index is 0.623. The van der Waals surface area contributed by atoms with E-state index in [9.17, 15) is 0 Å². The minimum atomic E-state index is 0.623. The lowest BCUT2D eigenvalue weighted by Crippen LogP contribution is -1.88. The highest BCUT2D eigenvalue weighted by atomic mass is 14.7. The van der Waals surface area contributed by atoms with Gasteiger partial charge in [-0.1, -0.05) is 26.3 Å². The first kappa shape index (κ1) is 11.0. The molecule has 0 fully saturated rings. The topological polar surface area (TPSA) is 38.4 Å². The molecule has 0 saturated heterocycles. The number of hydrogen-bond donors (Lipinski definition) is 1. The van der Waals surface area contributed by atoms with Crippen molar-refractivity contribution in [3.63, 3.8) is 0 Å². The predicted octanol–water partition coefficient (Wildman–Crippen LogP) is 2.48. The van der Waals surface area contributed by atoms with E-state index >= 15 is 0 Å². The van der Waals surface area contributed by atoms with Crippen molar-refractivity contribution in [1.29, 1.82) is 0 Å². The van der Waals surface area contributed by atoms with Crippen molar-refractivity contribution in [3.8, 4) is 0 Å². The molecule has 0 rings (SSSR count). The number of rotatable bonds is 4. The van der Waals surface area contributed by atoms with E-state index in [1.165, 1.54) is 11.8 Å². The summed E-state index contributed by atoms with van der Waals surface area (Å²) in [5.41, 5.74) is 6.31. The summed E-state index contributed by atoms with van der Waals surface area (Å²) in [5, 5.41) is 0. The van der Waals surface area contributed by atoms with Gasteiger partial charge in [-0.25, -0.2) is 0 Å². The highest BCUT2D eigenvalue weighted by molar-refractivity contribution is 5.78. The van der Waals surface area contributed by atoms with Crippen LogP contribution in [-0.4, -0.2) is 6.21 Å². The molecule has 2 N–H and O–H groups in total. The van der Waals surface area contributed by atoms with Crippen LogP contribution >= 0.6 is 0 Å². The number of hydrogen-bond acceptors (Lipinski definition) is 2. The fourth-order valence-corrected chi connectivity index (χ4v) is 0.820. The molecule has 2 heteroatoms. The lowest BCUT2D eigenvalue weighted by Gasteiger charge is -2.00. The predicted molar refractivity (Wildman–Crippen MR) is 55.0 cm³/mol. The lowest BCUT2D eigenvalue weighted by molar-refractivity contribution is 0.695. The Balaban J connectivity index is 4.01. The lowest BCUT2D eigenvalue weighted by atomic mass is 10.1. The summed E-state index contributed by atoms with van der Waals surface area (Å²) < 4.78 is 0. The van der Waals surface area contributed by atoms with Crippen molar-refractivity contribution in [2.24, 2.45) is 16.6 Å². The standard InChI is InChI=1S/C10H18N2/c1-4-9(2)7-10(3)8-12-6-5-11/h5-9H,4,11H2,1-3H3/b6-5-,10-7+,12-8+. The maximum absolute atomic E-state index is 5.13. The third-order valence-electron chi connectivity index (χ3n) is 1.64. The normalized spacial score (nSPS) is 16.1. The fraction of sp³-hybridized carbons (Fsp3) is 0.500. The third kappa shape index (κ3) is 5.71. The van der Waals surface area contributed by atoms with E-state index < -0.39 is 0 Å². The summed E-state index contributed by atoms with van der Waals surface area (Å²) in [5.74, 6) is 0.623. The van der Waals surface area contributed by atoms with Crippen molar-refractivity contribution >= 4 is 6.21 Å². The van der Waals surface area contributed by atoms with Crippen molar-refractivity contribution < 1.29 is 0 Å². The molecule has 1 unspecified atom stereocenters. The van der Waals surface area contributed by atoms with Gasteiger partial charge in [-0.2, -0.15) is 0 Å². The van der Waals surface area contributed by atoms with Gasteiger partial charge >= 0.3 is 0 Å². The second-order valence-corrected chi connectivity index (χ2v) is 2.92. The van der Waals surface area contributed by atoms with Crippen molar-refractivity contribution in [2.75, 3.05) is 0 Å². The molecule has 0 radical (unpaired) electrons. The summed E-state index contributed by atoms with van der Waals surface area (Å²) in [6, 6.07) is 0. The smallest absolute Gasteiger partial charge is 0.0422 e. The summed E-state index contributed by atoms with van der Waals surface area (Å²) in [6.45, 7) is 6.40. The molecule has 0 amide bonds. The molecule has 2 nitrogen and oxygen atoms in total. The van der Waals surface area contributed by atoms with E-state index in [1.807, 2.05) is 13.1 Å². The maximum Gasteiger partial charge on any atom is 0.0422 e. The molecular formula is C10H18N2. The van der Waals surface area contributed by atoms with Gasteiger partial charge in [0.05, 0.1) is 0 Å². The Morgan fingerprint density at radius 1 is 1.58 bits per heavy atom. The van der Waals surface area contributed by atoms with E-state index in [-0.39, 0.29) is 0 Å². The highest BCUT2D eigenvalue weighted by Crippen LogP contribution is 2.04. The second-order valence-electron chi connectivity index (χ2n) is 2.92. The Morgan fingerprint density at radius 3 is 2.75 bits per heavy atom. The van der Waals surface area contributed by atoms with Crippen LogP contribution in [0.25, 0.3) is 0 Å². The number of nitrogens with zero attached hydrogens (tertiary/aromatic N) is 1. The zero-order chi connectivity index (χ0) is 9.40. The second kappa shape index (κ2) is 6.65. The zero-order valence-electron chi connectivity index (χ0n) is 8.12. The van der Waals surface area contributed by atoms with Gasteiger partial charge in [0.25, 0.3) is 0 Å². The van der Waals surface area contributed by atoms with Crippen LogP contribution in [0.4, 0.5) is 0 Å². The van der Waals surface area contributed by atoms with Crippen LogP contribution in [0.3, 0.4) is 0 Å². The summed E-state index contributed by atoms with van der Waals surface area (Å²) in [6.07, 6.45) is 8.18. The quantitative estimate of drug-likeness (QED) is 0.640. The highest BCUT2D eigenvalue weighted by Gasteiger charge is 1.91. The van der Waals surface area contributed by atoms with Gasteiger partial charge in [0, 0.05) is 18.6 Å². The molecule has 0 heterocycles. The molecule has 0 aromatic heterocycles. The van der Waals surface area contributed by atoms with Crippen LogP contribution in [-0.2, 0) is 0 Å². The largest absolute Gasteiger partial charge is 0.403 e. The molecule has 68 valence electrons. The number of allylic oxidation sites excluding steroid dienone is 2. The first-order valence-corrected chi connectivity index (χ1v) is 4.29. The van der Waals surface area contributed by atoms with E-state index in [0.29, 0.717) is 5.92 Å². The Bertz CT molecular complexity index is 190. The van der Waals surface area contributed by atoms with Crippen LogP contribution in [0.1, 0.15) is 27.2 Å².